The average Bonchev–Trinajstić information content (AvgIpc) is 2.18. The Morgan fingerprint density at radius 2 is 1.10 bits per heavy atom. The van der Waals surface area contributed by atoms with Crippen LogP contribution >= 0.6 is 8.25 Å². The van der Waals surface area contributed by atoms with Gasteiger partial charge in [0.2, 0.25) is 0 Å². The summed E-state index contributed by atoms with van der Waals surface area (Å²) in [4.78, 5) is 0. The summed E-state index contributed by atoms with van der Waals surface area (Å²) in [7, 11) is -1.98. The highest BCUT2D eigenvalue weighted by Crippen LogP contribution is 2.31. The van der Waals surface area contributed by atoms with E-state index in [4.69, 9.17) is 9.05 Å². The van der Waals surface area contributed by atoms with E-state index in [2.05, 4.69) is 55.4 Å². The van der Waals surface area contributed by atoms with Crippen molar-refractivity contribution in [3.63, 3.8) is 0 Å². The first kappa shape index (κ1) is 20.0. The van der Waals surface area contributed by atoms with Gasteiger partial charge < -0.3 is 0 Å². The van der Waals surface area contributed by atoms with Gasteiger partial charge in [-0.05, 0) is 35.5 Å². The van der Waals surface area contributed by atoms with Crippen molar-refractivity contribution >= 4 is 8.25 Å². The first-order chi connectivity index (χ1) is 8.89. The molecule has 4 heteroatoms. The maximum Gasteiger partial charge on any atom is 0.697 e. The topological polar surface area (TPSA) is 35.5 Å². The van der Waals surface area contributed by atoms with Crippen LogP contribution in [-0.4, -0.2) is 13.2 Å². The number of hydrogen-bond donors (Lipinski definition) is 0. The van der Waals surface area contributed by atoms with Crippen LogP contribution in [0.5, 0.6) is 0 Å². The van der Waals surface area contributed by atoms with Crippen molar-refractivity contribution in [3.05, 3.63) is 0 Å². The molecule has 0 aromatic heterocycles. The second kappa shape index (κ2) is 8.46. The van der Waals surface area contributed by atoms with Gasteiger partial charge in [-0.2, -0.15) is 0 Å². The Hall–Kier alpha value is 0.0200. The minimum Gasteiger partial charge on any atom is -0.119 e. The molecule has 0 amide bonds. The van der Waals surface area contributed by atoms with Gasteiger partial charge in [0.1, 0.15) is 13.2 Å². The van der Waals surface area contributed by atoms with Gasteiger partial charge in [0, 0.05) is 4.57 Å². The van der Waals surface area contributed by atoms with Crippen molar-refractivity contribution in [1.82, 2.24) is 0 Å². The van der Waals surface area contributed by atoms with Gasteiger partial charge in [-0.25, -0.2) is 0 Å². The maximum atomic E-state index is 11.7. The third-order valence-electron chi connectivity index (χ3n) is 2.85. The van der Waals surface area contributed by atoms with E-state index >= 15 is 0 Å². The van der Waals surface area contributed by atoms with E-state index in [0.717, 1.165) is 12.8 Å². The second-order valence-corrected chi connectivity index (χ2v) is 9.52. The molecule has 2 atom stereocenters. The Morgan fingerprint density at radius 1 is 0.800 bits per heavy atom. The zero-order valence-corrected chi connectivity index (χ0v) is 15.5. The molecule has 0 aromatic carbocycles. The summed E-state index contributed by atoms with van der Waals surface area (Å²) in [5.74, 6) is 0.786. The van der Waals surface area contributed by atoms with E-state index in [-0.39, 0.29) is 10.8 Å². The van der Waals surface area contributed by atoms with E-state index in [1.807, 2.05) is 0 Å². The summed E-state index contributed by atoms with van der Waals surface area (Å²) >= 11 is 0. The molecule has 0 heterocycles. The van der Waals surface area contributed by atoms with Crippen LogP contribution in [0.1, 0.15) is 68.2 Å². The minimum absolute atomic E-state index is 0.274. The highest BCUT2D eigenvalue weighted by molar-refractivity contribution is 7.33. The molecule has 0 saturated carbocycles. The van der Waals surface area contributed by atoms with Crippen LogP contribution in [0.3, 0.4) is 0 Å². The molecule has 0 aliphatic rings. The predicted molar refractivity (Wildman–Crippen MR) is 86.0 cm³/mol. The molecule has 0 aliphatic carbocycles. The highest BCUT2D eigenvalue weighted by atomic mass is 31.1. The molecule has 0 radical (unpaired) electrons. The van der Waals surface area contributed by atoms with Crippen LogP contribution in [0, 0.1) is 22.7 Å². The van der Waals surface area contributed by atoms with Crippen molar-refractivity contribution in [2.24, 2.45) is 22.7 Å². The Labute approximate surface area is 126 Å². The molecule has 3 nitrogen and oxygen atoms in total. The van der Waals surface area contributed by atoms with E-state index in [1.165, 1.54) is 0 Å². The highest BCUT2D eigenvalue weighted by Gasteiger charge is 2.26. The molecule has 20 heavy (non-hydrogen) atoms. The van der Waals surface area contributed by atoms with Gasteiger partial charge in [-0.15, -0.1) is 9.05 Å². The van der Waals surface area contributed by atoms with Crippen LogP contribution in [0.15, 0.2) is 0 Å². The van der Waals surface area contributed by atoms with E-state index in [0.29, 0.717) is 25.0 Å². The lowest BCUT2D eigenvalue weighted by atomic mass is 9.86. The predicted octanol–water partition coefficient (Wildman–Crippen LogP) is 5.82. The van der Waals surface area contributed by atoms with Crippen molar-refractivity contribution in [2.45, 2.75) is 68.2 Å². The molecule has 2 unspecified atom stereocenters. The van der Waals surface area contributed by atoms with E-state index in [1.54, 1.807) is 0 Å². The normalized spacial score (nSPS) is 16.9. The third-order valence-corrected chi connectivity index (χ3v) is 3.57. The first-order valence-corrected chi connectivity index (χ1v) is 8.72. The second-order valence-electron chi connectivity index (χ2n) is 8.56. The molecular formula is C16H34O3P+. The van der Waals surface area contributed by atoms with Gasteiger partial charge in [0.25, 0.3) is 0 Å². The quantitative estimate of drug-likeness (QED) is 0.530. The fraction of sp³-hybridized carbons (Fsp3) is 1.00. The number of rotatable bonds is 8. The summed E-state index contributed by atoms with van der Waals surface area (Å²) in [5, 5.41) is 0. The lowest BCUT2D eigenvalue weighted by molar-refractivity contribution is 0.155. The molecule has 0 spiro atoms. The lowest BCUT2D eigenvalue weighted by Gasteiger charge is -2.21. The average molecular weight is 305 g/mol. The van der Waals surface area contributed by atoms with Crippen LogP contribution < -0.4 is 0 Å². The zero-order chi connectivity index (χ0) is 16.0. The first-order valence-electron chi connectivity index (χ1n) is 7.62. The molecule has 0 N–H and O–H groups in total. The summed E-state index contributed by atoms with van der Waals surface area (Å²) in [6, 6.07) is 0. The monoisotopic (exact) mass is 305 g/mol. The minimum atomic E-state index is -1.98. The molecule has 120 valence electrons. The Morgan fingerprint density at radius 3 is 1.35 bits per heavy atom. The van der Waals surface area contributed by atoms with E-state index in [9.17, 15) is 4.57 Å². The largest absolute Gasteiger partial charge is 0.697 e. The Bertz CT molecular complexity index is 261. The van der Waals surface area contributed by atoms with Crippen LogP contribution in [0.25, 0.3) is 0 Å². The Kier molecular flexibility index (Phi) is 8.47. The fourth-order valence-electron chi connectivity index (χ4n) is 2.62. The number of hydrogen-bond acceptors (Lipinski definition) is 3. The maximum absolute atomic E-state index is 11.7. The summed E-state index contributed by atoms with van der Waals surface area (Å²) in [6.07, 6.45) is 2.10. The van der Waals surface area contributed by atoms with Gasteiger partial charge >= 0.3 is 8.25 Å². The molecule has 0 rings (SSSR count). The molecule has 0 bridgehead atoms. The fourth-order valence-corrected chi connectivity index (χ4v) is 3.45. The Balaban J connectivity index is 3.84. The summed E-state index contributed by atoms with van der Waals surface area (Å²) < 4.78 is 22.3. The van der Waals surface area contributed by atoms with Gasteiger partial charge in [0.15, 0.2) is 0 Å². The van der Waals surface area contributed by atoms with Crippen LogP contribution in [-0.2, 0) is 13.6 Å². The van der Waals surface area contributed by atoms with Crippen LogP contribution in [0.2, 0.25) is 0 Å². The molecular weight excluding hydrogens is 271 g/mol. The van der Waals surface area contributed by atoms with Gasteiger partial charge in [-0.1, -0.05) is 55.4 Å². The SMILES string of the molecule is CC(CO[P+](=O)OCC(C)CC(C)(C)C)CC(C)(C)C. The molecule has 0 saturated heterocycles. The van der Waals surface area contributed by atoms with Crippen molar-refractivity contribution in [3.8, 4) is 0 Å². The zero-order valence-electron chi connectivity index (χ0n) is 14.7. The van der Waals surface area contributed by atoms with Crippen molar-refractivity contribution in [1.29, 1.82) is 0 Å². The standard InChI is InChI=1S/C16H34O3P/c1-13(9-15(3,4)5)11-18-20(17)19-12-14(2)10-16(6,7)8/h13-14H,9-12H2,1-8H3/q+1. The van der Waals surface area contributed by atoms with Crippen molar-refractivity contribution < 1.29 is 13.6 Å². The third kappa shape index (κ3) is 13.0. The van der Waals surface area contributed by atoms with Crippen molar-refractivity contribution in [2.75, 3.05) is 13.2 Å². The molecule has 0 fully saturated rings. The smallest absolute Gasteiger partial charge is 0.119 e. The molecule has 0 aromatic rings. The lowest BCUT2D eigenvalue weighted by Crippen LogP contribution is -2.15. The van der Waals surface area contributed by atoms with E-state index < -0.39 is 8.25 Å². The summed E-state index contributed by atoms with van der Waals surface area (Å²) in [6.45, 7) is 18.5. The van der Waals surface area contributed by atoms with Gasteiger partial charge in [0.05, 0.1) is 0 Å². The summed E-state index contributed by atoms with van der Waals surface area (Å²) in [5.41, 5.74) is 0.549. The molecule has 0 aliphatic heterocycles. The van der Waals surface area contributed by atoms with Gasteiger partial charge in [-0.3, -0.25) is 0 Å². The van der Waals surface area contributed by atoms with Crippen LogP contribution in [0.4, 0.5) is 0 Å².